The van der Waals surface area contributed by atoms with Gasteiger partial charge in [-0.25, -0.2) is 8.42 Å². The molecule has 196 valence electrons. The number of ether oxygens (including phenoxy) is 1. The summed E-state index contributed by atoms with van der Waals surface area (Å²) in [5.41, 5.74) is 3.81. The average Bonchev–Trinajstić information content (AvgIpc) is 2.90. The molecule has 1 amide bonds. The van der Waals surface area contributed by atoms with Gasteiger partial charge >= 0.3 is 0 Å². The second-order valence-electron chi connectivity index (χ2n) is 9.26. The second-order valence-corrected chi connectivity index (χ2v) is 11.4. The summed E-state index contributed by atoms with van der Waals surface area (Å²) < 4.78 is 34.9. The number of amides is 1. The second kappa shape index (κ2) is 11.5. The van der Waals surface area contributed by atoms with Crippen molar-refractivity contribution in [3.8, 4) is 5.75 Å². The van der Waals surface area contributed by atoms with Gasteiger partial charge in [-0.15, -0.1) is 0 Å². The van der Waals surface area contributed by atoms with E-state index in [1.54, 1.807) is 23.1 Å². The molecule has 3 aromatic rings. The summed E-state index contributed by atoms with van der Waals surface area (Å²) in [4.78, 5) is 17.7. The topological polar surface area (TPSA) is 78.9 Å². The summed E-state index contributed by atoms with van der Waals surface area (Å²) in [6.45, 7) is 6.06. The number of carbonyl (C=O) groups excluding carboxylic acids is 1. The third kappa shape index (κ3) is 6.44. The maximum Gasteiger partial charge on any atom is 0.244 e. The summed E-state index contributed by atoms with van der Waals surface area (Å²) in [6, 6.07) is 19.2. The number of hydrogen-bond donors (Lipinski definition) is 1. The molecule has 7 nitrogen and oxygen atoms in total. The lowest BCUT2D eigenvalue weighted by Gasteiger charge is -2.38. The Balaban J connectivity index is 1.56. The lowest BCUT2D eigenvalue weighted by molar-refractivity contribution is -0.133. The summed E-state index contributed by atoms with van der Waals surface area (Å²) in [5, 5.41) is 0.669. The van der Waals surface area contributed by atoms with Crippen molar-refractivity contribution in [1.29, 1.82) is 0 Å². The first-order valence-electron chi connectivity index (χ1n) is 12.2. The maximum atomic E-state index is 13.7. The van der Waals surface area contributed by atoms with Crippen LogP contribution in [-0.4, -0.2) is 58.6 Å². The summed E-state index contributed by atoms with van der Waals surface area (Å²) >= 11 is 6.21. The molecule has 4 rings (SSSR count). The summed E-state index contributed by atoms with van der Waals surface area (Å²) in [7, 11) is -2.61. The molecule has 0 spiro atoms. The average molecular weight is 542 g/mol. The Morgan fingerprint density at radius 3 is 2.38 bits per heavy atom. The van der Waals surface area contributed by atoms with Crippen molar-refractivity contribution >= 4 is 33.2 Å². The Hall–Kier alpha value is -3.07. The summed E-state index contributed by atoms with van der Waals surface area (Å²) in [6.07, 6.45) is 0.237. The molecule has 37 heavy (non-hydrogen) atoms. The quantitative estimate of drug-likeness (QED) is 0.462. The largest absolute Gasteiger partial charge is 0.495 e. The molecular formula is C28H32ClN3O4S. The zero-order valence-electron chi connectivity index (χ0n) is 21.3. The molecule has 3 aromatic carbocycles. The zero-order chi connectivity index (χ0) is 26.6. The fourth-order valence-electron chi connectivity index (χ4n) is 4.59. The van der Waals surface area contributed by atoms with Gasteiger partial charge < -0.3 is 14.5 Å². The minimum absolute atomic E-state index is 0.0158. The van der Waals surface area contributed by atoms with Crippen LogP contribution >= 0.6 is 11.6 Å². The van der Waals surface area contributed by atoms with Crippen LogP contribution in [0.2, 0.25) is 5.02 Å². The molecule has 0 aromatic heterocycles. The smallest absolute Gasteiger partial charge is 0.244 e. The van der Waals surface area contributed by atoms with Crippen LogP contribution in [-0.2, 0) is 21.2 Å². The highest BCUT2D eigenvalue weighted by Crippen LogP contribution is 2.27. The van der Waals surface area contributed by atoms with Crippen LogP contribution < -0.4 is 14.4 Å². The Morgan fingerprint density at radius 1 is 1.00 bits per heavy atom. The molecule has 1 aliphatic rings. The van der Waals surface area contributed by atoms with Crippen molar-refractivity contribution in [3.63, 3.8) is 0 Å². The molecule has 1 aliphatic heterocycles. The van der Waals surface area contributed by atoms with Gasteiger partial charge in [0.05, 0.1) is 7.11 Å². The van der Waals surface area contributed by atoms with Crippen molar-refractivity contribution in [2.24, 2.45) is 0 Å². The molecule has 1 unspecified atom stereocenters. The number of anilines is 1. The van der Waals surface area contributed by atoms with Crippen LogP contribution in [0.25, 0.3) is 0 Å². The van der Waals surface area contributed by atoms with E-state index in [4.69, 9.17) is 16.3 Å². The molecule has 0 radical (unpaired) electrons. The van der Waals surface area contributed by atoms with Crippen LogP contribution in [0.3, 0.4) is 0 Å². The van der Waals surface area contributed by atoms with Gasteiger partial charge in [0.15, 0.2) is 0 Å². The molecular weight excluding hydrogens is 510 g/mol. The van der Waals surface area contributed by atoms with E-state index in [0.717, 1.165) is 22.4 Å². The van der Waals surface area contributed by atoms with Gasteiger partial charge in [0.2, 0.25) is 15.9 Å². The number of methoxy groups -OCH3 is 1. The van der Waals surface area contributed by atoms with Gasteiger partial charge in [0.25, 0.3) is 0 Å². The predicted molar refractivity (Wildman–Crippen MR) is 147 cm³/mol. The Labute approximate surface area is 224 Å². The van der Waals surface area contributed by atoms with Gasteiger partial charge in [-0.2, -0.15) is 4.72 Å². The number of nitrogens with one attached hydrogen (secondary N) is 1. The highest BCUT2D eigenvalue weighted by molar-refractivity contribution is 7.89. The maximum absolute atomic E-state index is 13.7. The number of piperazine rings is 1. The fourth-order valence-corrected chi connectivity index (χ4v) is 6.19. The van der Waals surface area contributed by atoms with Gasteiger partial charge in [-0.1, -0.05) is 54.1 Å². The van der Waals surface area contributed by atoms with E-state index in [1.807, 2.05) is 62.4 Å². The molecule has 0 aliphatic carbocycles. The highest BCUT2D eigenvalue weighted by atomic mass is 35.5. The molecule has 0 saturated carbocycles. The molecule has 1 N–H and O–H groups in total. The molecule has 1 fully saturated rings. The van der Waals surface area contributed by atoms with Crippen LogP contribution in [0.4, 0.5) is 5.69 Å². The van der Waals surface area contributed by atoms with E-state index >= 15 is 0 Å². The molecule has 1 saturated heterocycles. The van der Waals surface area contributed by atoms with E-state index in [-0.39, 0.29) is 23.0 Å². The van der Waals surface area contributed by atoms with E-state index in [1.165, 1.54) is 7.11 Å². The Kier molecular flexibility index (Phi) is 8.42. The number of nitrogens with zero attached hydrogens (tertiary/aromatic N) is 2. The zero-order valence-corrected chi connectivity index (χ0v) is 22.8. The summed E-state index contributed by atoms with van der Waals surface area (Å²) in [5.74, 6) is -0.0176. The normalized spacial score (nSPS) is 14.9. The monoisotopic (exact) mass is 541 g/mol. The Bertz CT molecular complexity index is 1360. The first-order valence-corrected chi connectivity index (χ1v) is 14.0. The number of halogens is 1. The van der Waals surface area contributed by atoms with Crippen LogP contribution in [0, 0.1) is 13.8 Å². The number of aryl methyl sites for hydroxylation is 2. The minimum atomic E-state index is -4.04. The molecule has 9 heteroatoms. The van der Waals surface area contributed by atoms with E-state index in [0.29, 0.717) is 31.2 Å². The number of rotatable bonds is 8. The van der Waals surface area contributed by atoms with Crippen molar-refractivity contribution < 1.29 is 17.9 Å². The highest BCUT2D eigenvalue weighted by Gasteiger charge is 2.32. The van der Waals surface area contributed by atoms with E-state index in [9.17, 15) is 13.2 Å². The SMILES string of the molecule is COc1ccc(C)cc1S(=O)(=O)NC(Cc1ccccc1)C(=O)N1CCN(c2cc(Cl)ccc2C)CC1. The van der Waals surface area contributed by atoms with Crippen molar-refractivity contribution in [1.82, 2.24) is 9.62 Å². The fraction of sp³-hybridized carbons (Fsp3) is 0.321. The standard InChI is InChI=1S/C28H32ClN3O4S/c1-20-9-12-26(36-3)27(17-20)37(34,35)30-24(18-22-7-5-4-6-8-22)28(33)32-15-13-31(14-16-32)25-19-23(29)11-10-21(25)2/h4-12,17,19,24,30H,13-16,18H2,1-3H3. The van der Waals surface area contributed by atoms with Crippen LogP contribution in [0.15, 0.2) is 71.6 Å². The minimum Gasteiger partial charge on any atom is -0.495 e. The third-order valence-corrected chi connectivity index (χ3v) is 8.32. The molecule has 0 bridgehead atoms. The van der Waals surface area contributed by atoms with Crippen molar-refractivity contribution in [2.75, 3.05) is 38.2 Å². The predicted octanol–water partition coefficient (Wildman–Crippen LogP) is 4.20. The number of benzene rings is 3. The number of sulfonamides is 1. The Morgan fingerprint density at radius 2 is 1.70 bits per heavy atom. The van der Waals surface area contributed by atoms with Gasteiger partial charge in [-0.05, 0) is 61.2 Å². The van der Waals surface area contributed by atoms with Crippen molar-refractivity contribution in [3.05, 3.63) is 88.4 Å². The molecule has 1 atom stereocenters. The van der Waals surface area contributed by atoms with Crippen molar-refractivity contribution in [2.45, 2.75) is 31.2 Å². The first kappa shape index (κ1) is 27.0. The lowest BCUT2D eigenvalue weighted by Crippen LogP contribution is -2.55. The number of carbonyl (C=O) groups is 1. The van der Waals surface area contributed by atoms with Gasteiger partial charge in [0.1, 0.15) is 16.7 Å². The van der Waals surface area contributed by atoms with Crippen LogP contribution in [0.5, 0.6) is 5.75 Å². The molecule has 1 heterocycles. The van der Waals surface area contributed by atoms with Gasteiger partial charge in [0, 0.05) is 36.9 Å². The van der Waals surface area contributed by atoms with E-state index in [2.05, 4.69) is 9.62 Å². The number of hydrogen-bond acceptors (Lipinski definition) is 5. The van der Waals surface area contributed by atoms with Crippen LogP contribution in [0.1, 0.15) is 16.7 Å². The first-order chi connectivity index (χ1) is 17.7. The van der Waals surface area contributed by atoms with Gasteiger partial charge in [-0.3, -0.25) is 4.79 Å². The van der Waals surface area contributed by atoms with E-state index < -0.39 is 16.1 Å². The third-order valence-electron chi connectivity index (χ3n) is 6.59. The lowest BCUT2D eigenvalue weighted by atomic mass is 10.1.